The topological polar surface area (TPSA) is 50.9 Å². The van der Waals surface area contributed by atoms with Gasteiger partial charge in [0.05, 0.1) is 23.7 Å². The Hall–Kier alpha value is -2.89. The minimum absolute atomic E-state index is 0.379. The van der Waals surface area contributed by atoms with Gasteiger partial charge in [-0.05, 0) is 64.7 Å². The molecule has 0 radical (unpaired) electrons. The van der Waals surface area contributed by atoms with E-state index >= 15 is 0 Å². The Morgan fingerprint density at radius 2 is 1.61 bits per heavy atom. The second-order valence-electron chi connectivity index (χ2n) is 7.84. The third-order valence-corrected chi connectivity index (χ3v) is 6.46. The average Bonchev–Trinajstić information content (AvgIpc) is 3.24. The number of pyridine rings is 1. The van der Waals surface area contributed by atoms with Gasteiger partial charge >= 0.3 is 0 Å². The summed E-state index contributed by atoms with van der Waals surface area (Å²) in [6.45, 7) is 0. The lowest BCUT2D eigenvalue weighted by Gasteiger charge is -2.30. The molecule has 4 nitrogen and oxygen atoms in total. The summed E-state index contributed by atoms with van der Waals surface area (Å²) in [6.07, 6.45) is 3.33. The van der Waals surface area contributed by atoms with Crippen molar-refractivity contribution < 1.29 is 5.11 Å². The van der Waals surface area contributed by atoms with Gasteiger partial charge in [-0.3, -0.25) is 0 Å². The van der Waals surface area contributed by atoms with Gasteiger partial charge in [0, 0.05) is 22.5 Å². The SMILES string of the molecule is Cn1cncc1C(O)(c1ccc(Cl)cc1)c1ccc2nc(Cl)cc(-c3cccc(Cl)c3)c2c1. The summed E-state index contributed by atoms with van der Waals surface area (Å²) in [6, 6.07) is 22.2. The highest BCUT2D eigenvalue weighted by molar-refractivity contribution is 6.31. The zero-order valence-electron chi connectivity index (χ0n) is 17.5. The van der Waals surface area contributed by atoms with Gasteiger partial charge in [-0.25, -0.2) is 9.97 Å². The molecule has 1 N–H and O–H groups in total. The maximum Gasteiger partial charge on any atom is 0.156 e. The monoisotopic (exact) mass is 493 g/mol. The smallest absolute Gasteiger partial charge is 0.156 e. The van der Waals surface area contributed by atoms with Crippen LogP contribution in [-0.4, -0.2) is 19.6 Å². The second-order valence-corrected chi connectivity index (χ2v) is 9.10. The predicted molar refractivity (Wildman–Crippen MR) is 134 cm³/mol. The highest BCUT2D eigenvalue weighted by Crippen LogP contribution is 2.40. The Balaban J connectivity index is 1.80. The van der Waals surface area contributed by atoms with Gasteiger partial charge in [-0.2, -0.15) is 0 Å². The summed E-state index contributed by atoms with van der Waals surface area (Å²) in [5, 5.41) is 14.7. The molecule has 2 heterocycles. The van der Waals surface area contributed by atoms with Crippen LogP contribution in [0.25, 0.3) is 22.0 Å². The normalized spacial score (nSPS) is 13.2. The maximum atomic E-state index is 12.2. The Kier molecular flexibility index (Phi) is 5.63. The number of aryl methyl sites for hydroxylation is 1. The summed E-state index contributed by atoms with van der Waals surface area (Å²) in [4.78, 5) is 8.73. The Labute approximate surface area is 206 Å². The van der Waals surface area contributed by atoms with Crippen molar-refractivity contribution in [2.75, 3.05) is 0 Å². The van der Waals surface area contributed by atoms with E-state index in [-0.39, 0.29) is 0 Å². The van der Waals surface area contributed by atoms with Crippen LogP contribution in [0.15, 0.2) is 85.3 Å². The van der Waals surface area contributed by atoms with Gasteiger partial charge in [-0.1, -0.05) is 65.1 Å². The zero-order chi connectivity index (χ0) is 23.2. The van der Waals surface area contributed by atoms with Gasteiger partial charge in [0.15, 0.2) is 5.60 Å². The molecular formula is C26H18Cl3N3O. The van der Waals surface area contributed by atoms with E-state index in [4.69, 9.17) is 34.8 Å². The summed E-state index contributed by atoms with van der Waals surface area (Å²) >= 11 is 18.7. The fraction of sp³-hybridized carbons (Fsp3) is 0.0769. The van der Waals surface area contributed by atoms with Crippen molar-refractivity contribution in [2.45, 2.75) is 5.60 Å². The molecule has 0 aliphatic carbocycles. The van der Waals surface area contributed by atoms with Crippen LogP contribution in [0.4, 0.5) is 0 Å². The van der Waals surface area contributed by atoms with E-state index in [0.29, 0.717) is 37.5 Å². The lowest BCUT2D eigenvalue weighted by Crippen LogP contribution is -2.31. The minimum Gasteiger partial charge on any atom is -0.374 e. The van der Waals surface area contributed by atoms with Gasteiger partial charge in [0.25, 0.3) is 0 Å². The van der Waals surface area contributed by atoms with Crippen molar-refractivity contribution in [1.82, 2.24) is 14.5 Å². The Morgan fingerprint density at radius 3 is 2.30 bits per heavy atom. The lowest BCUT2D eigenvalue weighted by molar-refractivity contribution is 0.117. The maximum absolute atomic E-state index is 12.2. The molecule has 164 valence electrons. The molecule has 1 atom stereocenters. The van der Waals surface area contributed by atoms with Crippen molar-refractivity contribution in [3.8, 4) is 11.1 Å². The Bertz CT molecular complexity index is 1480. The number of rotatable bonds is 4. The fourth-order valence-corrected chi connectivity index (χ4v) is 4.69. The molecule has 7 heteroatoms. The van der Waals surface area contributed by atoms with Gasteiger partial charge < -0.3 is 9.67 Å². The predicted octanol–water partition coefficient (Wildman–Crippen LogP) is 6.88. The first-order valence-electron chi connectivity index (χ1n) is 10.2. The molecule has 0 saturated heterocycles. The molecule has 0 amide bonds. The summed E-state index contributed by atoms with van der Waals surface area (Å²) in [5.74, 6) is 0. The molecule has 0 spiro atoms. The van der Waals surface area contributed by atoms with Crippen molar-refractivity contribution in [2.24, 2.45) is 7.05 Å². The van der Waals surface area contributed by atoms with Crippen LogP contribution in [0, 0.1) is 0 Å². The minimum atomic E-state index is -1.48. The number of hydrogen-bond acceptors (Lipinski definition) is 3. The molecule has 33 heavy (non-hydrogen) atoms. The molecular weight excluding hydrogens is 477 g/mol. The molecule has 5 rings (SSSR count). The van der Waals surface area contributed by atoms with Crippen LogP contribution in [0.5, 0.6) is 0 Å². The van der Waals surface area contributed by atoms with E-state index in [1.807, 2.05) is 67.7 Å². The van der Waals surface area contributed by atoms with Crippen LogP contribution in [-0.2, 0) is 12.6 Å². The molecule has 5 aromatic rings. The van der Waals surface area contributed by atoms with Crippen molar-refractivity contribution in [1.29, 1.82) is 0 Å². The quantitative estimate of drug-likeness (QED) is 0.277. The van der Waals surface area contributed by atoms with Gasteiger partial charge in [-0.15, -0.1) is 0 Å². The van der Waals surface area contributed by atoms with Crippen molar-refractivity contribution in [3.05, 3.63) is 117 Å². The van der Waals surface area contributed by atoms with Crippen molar-refractivity contribution in [3.63, 3.8) is 0 Å². The molecule has 0 aliphatic heterocycles. The van der Waals surface area contributed by atoms with Crippen LogP contribution >= 0.6 is 34.8 Å². The van der Waals surface area contributed by atoms with Crippen LogP contribution in [0.3, 0.4) is 0 Å². The number of nitrogens with zero attached hydrogens (tertiary/aromatic N) is 3. The first-order valence-corrected chi connectivity index (χ1v) is 11.3. The van der Waals surface area contributed by atoms with E-state index < -0.39 is 5.60 Å². The average molecular weight is 495 g/mol. The molecule has 3 aromatic carbocycles. The summed E-state index contributed by atoms with van der Waals surface area (Å²) in [5.41, 5.74) is 2.96. The molecule has 0 saturated carbocycles. The molecule has 0 fully saturated rings. The van der Waals surface area contributed by atoms with E-state index in [1.54, 1.807) is 29.2 Å². The van der Waals surface area contributed by atoms with E-state index in [9.17, 15) is 5.11 Å². The summed E-state index contributed by atoms with van der Waals surface area (Å²) < 4.78 is 1.80. The number of fused-ring (bicyclic) bond motifs is 1. The number of halogens is 3. The van der Waals surface area contributed by atoms with Crippen molar-refractivity contribution >= 4 is 45.7 Å². The molecule has 0 aliphatic rings. The molecule has 2 aromatic heterocycles. The third kappa shape index (κ3) is 3.90. The number of aromatic nitrogens is 3. The fourth-order valence-electron chi connectivity index (χ4n) is 4.17. The zero-order valence-corrected chi connectivity index (χ0v) is 19.8. The van der Waals surface area contributed by atoms with Gasteiger partial charge in [0.2, 0.25) is 0 Å². The first kappa shape index (κ1) is 21.9. The number of aliphatic hydroxyl groups is 1. The second kappa shape index (κ2) is 8.47. The van der Waals surface area contributed by atoms with Gasteiger partial charge in [0.1, 0.15) is 5.15 Å². The molecule has 1 unspecified atom stereocenters. The number of hydrogen-bond donors (Lipinski definition) is 1. The Morgan fingerprint density at radius 1 is 0.848 bits per heavy atom. The van der Waals surface area contributed by atoms with Crippen LogP contribution < -0.4 is 0 Å². The van der Waals surface area contributed by atoms with Crippen LogP contribution in [0.2, 0.25) is 15.2 Å². The highest BCUT2D eigenvalue weighted by atomic mass is 35.5. The highest BCUT2D eigenvalue weighted by Gasteiger charge is 2.36. The van der Waals surface area contributed by atoms with Crippen LogP contribution in [0.1, 0.15) is 16.8 Å². The number of imidazole rings is 1. The molecule has 0 bridgehead atoms. The van der Waals surface area contributed by atoms with E-state index in [1.165, 1.54) is 0 Å². The summed E-state index contributed by atoms with van der Waals surface area (Å²) in [7, 11) is 1.85. The first-order chi connectivity index (χ1) is 15.9. The number of benzene rings is 3. The largest absolute Gasteiger partial charge is 0.374 e. The van der Waals surface area contributed by atoms with E-state index in [2.05, 4.69) is 9.97 Å². The standard InChI is InChI=1S/C26H18Cl3N3O/c1-32-15-30-14-24(32)26(33,17-5-8-19(27)9-6-17)18-7-10-23-22(12-18)21(13-25(29)31-23)16-3-2-4-20(28)11-16/h2-15,33H,1H3. The van der Waals surface area contributed by atoms with E-state index in [0.717, 1.165) is 16.5 Å². The third-order valence-electron chi connectivity index (χ3n) is 5.78. The lowest BCUT2D eigenvalue weighted by atomic mass is 9.82.